The summed E-state index contributed by atoms with van der Waals surface area (Å²) >= 11 is 0. The second-order valence-corrected chi connectivity index (χ2v) is 3.32. The molecule has 0 atom stereocenters. The van der Waals surface area contributed by atoms with Crippen LogP contribution in [0.25, 0.3) is 0 Å². The van der Waals surface area contributed by atoms with Gasteiger partial charge in [0.2, 0.25) is 0 Å². The van der Waals surface area contributed by atoms with E-state index in [-0.39, 0.29) is 6.54 Å². The minimum absolute atomic E-state index is 0.105. The van der Waals surface area contributed by atoms with E-state index in [4.69, 9.17) is 0 Å². The smallest absolute Gasteiger partial charge is 0.251 e. The average molecular weight is 194 g/mol. The first-order valence-electron chi connectivity index (χ1n) is 4.78. The maximum Gasteiger partial charge on any atom is 0.251 e. The molecule has 1 N–H and O–H groups in total. The molecule has 0 fully saturated rings. The van der Waals surface area contributed by atoms with E-state index in [1.807, 2.05) is 7.05 Å². The lowest BCUT2D eigenvalue weighted by Crippen LogP contribution is -2.25. The topological polar surface area (TPSA) is 15.3 Å². The van der Waals surface area contributed by atoms with E-state index >= 15 is 0 Å². The van der Waals surface area contributed by atoms with Crippen molar-refractivity contribution in [1.82, 2.24) is 10.2 Å². The molecule has 0 aromatic heterocycles. The first-order chi connectivity index (χ1) is 6.16. The van der Waals surface area contributed by atoms with E-state index in [0.29, 0.717) is 0 Å². The molecule has 0 aliphatic carbocycles. The highest BCUT2D eigenvalue weighted by Gasteiger charge is 2.06. The molecular formula is C9H20F2N2. The van der Waals surface area contributed by atoms with Crippen LogP contribution >= 0.6 is 0 Å². The van der Waals surface area contributed by atoms with Gasteiger partial charge in [-0.15, -0.1) is 0 Å². The van der Waals surface area contributed by atoms with Gasteiger partial charge in [0.25, 0.3) is 6.43 Å². The highest BCUT2D eigenvalue weighted by Crippen LogP contribution is 1.99. The standard InChI is InChI=1S/C9H20F2N2/c1-12-6-4-3-5-7-13(2)8-9(10)11/h9,12H,3-8H2,1-2H3. The van der Waals surface area contributed by atoms with Crippen LogP contribution in [0, 0.1) is 0 Å². The summed E-state index contributed by atoms with van der Waals surface area (Å²) in [5, 5.41) is 3.05. The zero-order chi connectivity index (χ0) is 10.1. The third-order valence-electron chi connectivity index (χ3n) is 1.92. The normalized spacial score (nSPS) is 11.5. The van der Waals surface area contributed by atoms with Gasteiger partial charge in [0.1, 0.15) is 0 Å². The number of unbranched alkanes of at least 4 members (excludes halogenated alkanes) is 2. The Bertz CT molecular complexity index is 110. The molecule has 2 nitrogen and oxygen atoms in total. The van der Waals surface area contributed by atoms with Crippen LogP contribution in [0.5, 0.6) is 0 Å². The molecule has 0 saturated carbocycles. The van der Waals surface area contributed by atoms with Crippen molar-refractivity contribution >= 4 is 0 Å². The van der Waals surface area contributed by atoms with E-state index in [2.05, 4.69) is 5.32 Å². The van der Waals surface area contributed by atoms with E-state index in [1.165, 1.54) is 0 Å². The maximum atomic E-state index is 11.9. The minimum atomic E-state index is -2.21. The molecule has 0 rings (SSSR count). The van der Waals surface area contributed by atoms with Crippen LogP contribution in [0.15, 0.2) is 0 Å². The van der Waals surface area contributed by atoms with Crippen molar-refractivity contribution in [3.05, 3.63) is 0 Å². The van der Waals surface area contributed by atoms with Crippen molar-refractivity contribution in [2.75, 3.05) is 33.7 Å². The molecule has 0 spiro atoms. The molecule has 0 unspecified atom stereocenters. The Morgan fingerprint density at radius 2 is 1.92 bits per heavy atom. The highest BCUT2D eigenvalue weighted by molar-refractivity contribution is 4.54. The first-order valence-corrected chi connectivity index (χ1v) is 4.78. The third kappa shape index (κ3) is 9.70. The molecule has 80 valence electrons. The molecule has 13 heavy (non-hydrogen) atoms. The largest absolute Gasteiger partial charge is 0.320 e. The second-order valence-electron chi connectivity index (χ2n) is 3.32. The van der Waals surface area contributed by atoms with Crippen LogP contribution in [0.3, 0.4) is 0 Å². The number of nitrogens with one attached hydrogen (secondary N) is 1. The Hall–Kier alpha value is -0.220. The predicted molar refractivity (Wildman–Crippen MR) is 51.3 cm³/mol. The quantitative estimate of drug-likeness (QED) is 0.590. The van der Waals surface area contributed by atoms with Crippen molar-refractivity contribution in [2.45, 2.75) is 25.7 Å². The summed E-state index contributed by atoms with van der Waals surface area (Å²) in [5.41, 5.74) is 0. The Morgan fingerprint density at radius 3 is 2.46 bits per heavy atom. The van der Waals surface area contributed by atoms with E-state index in [9.17, 15) is 8.78 Å². The molecule has 0 aliphatic rings. The van der Waals surface area contributed by atoms with Crippen LogP contribution < -0.4 is 5.32 Å². The summed E-state index contributed by atoms with van der Waals surface area (Å²) < 4.78 is 23.7. The Kier molecular flexibility index (Phi) is 8.24. The number of alkyl halides is 2. The van der Waals surface area contributed by atoms with Gasteiger partial charge >= 0.3 is 0 Å². The van der Waals surface area contributed by atoms with Gasteiger partial charge in [-0.2, -0.15) is 0 Å². The molecular weight excluding hydrogens is 174 g/mol. The number of hydrogen-bond donors (Lipinski definition) is 1. The van der Waals surface area contributed by atoms with Crippen LogP contribution in [0.1, 0.15) is 19.3 Å². The number of nitrogens with zero attached hydrogens (tertiary/aromatic N) is 1. The lowest BCUT2D eigenvalue weighted by molar-refractivity contribution is 0.0996. The fourth-order valence-electron chi connectivity index (χ4n) is 1.19. The molecule has 0 aliphatic heterocycles. The van der Waals surface area contributed by atoms with Crippen molar-refractivity contribution in [3.8, 4) is 0 Å². The van der Waals surface area contributed by atoms with E-state index in [0.717, 1.165) is 32.4 Å². The van der Waals surface area contributed by atoms with Crippen LogP contribution in [-0.2, 0) is 0 Å². The van der Waals surface area contributed by atoms with Gasteiger partial charge in [-0.25, -0.2) is 8.78 Å². The van der Waals surface area contributed by atoms with Gasteiger partial charge in [0.15, 0.2) is 0 Å². The van der Waals surface area contributed by atoms with Crippen LogP contribution in [-0.4, -0.2) is 45.1 Å². The number of rotatable bonds is 8. The Balaban J connectivity index is 3.12. The average Bonchev–Trinajstić information content (AvgIpc) is 2.02. The zero-order valence-corrected chi connectivity index (χ0v) is 8.52. The molecule has 0 amide bonds. The SMILES string of the molecule is CNCCCCCN(C)CC(F)F. The fourth-order valence-corrected chi connectivity index (χ4v) is 1.19. The van der Waals surface area contributed by atoms with Gasteiger partial charge < -0.3 is 10.2 Å². The highest BCUT2D eigenvalue weighted by atomic mass is 19.3. The summed E-state index contributed by atoms with van der Waals surface area (Å²) in [5.74, 6) is 0. The predicted octanol–water partition coefficient (Wildman–Crippen LogP) is 1.57. The van der Waals surface area contributed by atoms with Crippen LogP contribution in [0.2, 0.25) is 0 Å². The monoisotopic (exact) mass is 194 g/mol. The molecule has 0 aromatic carbocycles. The van der Waals surface area contributed by atoms with Crippen LogP contribution in [0.4, 0.5) is 8.78 Å². The van der Waals surface area contributed by atoms with Gasteiger partial charge in [-0.3, -0.25) is 0 Å². The summed E-state index contributed by atoms with van der Waals surface area (Å²) in [6, 6.07) is 0. The molecule has 0 heterocycles. The Labute approximate surface area is 79.3 Å². The second kappa shape index (κ2) is 8.38. The number of hydrogen-bond acceptors (Lipinski definition) is 2. The molecule has 0 radical (unpaired) electrons. The number of halogens is 2. The van der Waals surface area contributed by atoms with Gasteiger partial charge in [0.05, 0.1) is 6.54 Å². The summed E-state index contributed by atoms with van der Waals surface area (Å²) in [6.07, 6.45) is 1.03. The van der Waals surface area contributed by atoms with Crippen molar-refractivity contribution in [3.63, 3.8) is 0 Å². The molecule has 0 saturated heterocycles. The molecule has 0 aromatic rings. The third-order valence-corrected chi connectivity index (χ3v) is 1.92. The molecule has 4 heteroatoms. The van der Waals surface area contributed by atoms with E-state index in [1.54, 1.807) is 11.9 Å². The molecule has 0 bridgehead atoms. The van der Waals surface area contributed by atoms with Crippen molar-refractivity contribution in [1.29, 1.82) is 0 Å². The first kappa shape index (κ1) is 12.8. The van der Waals surface area contributed by atoms with Gasteiger partial charge in [-0.1, -0.05) is 6.42 Å². The van der Waals surface area contributed by atoms with Gasteiger partial charge in [0, 0.05) is 0 Å². The summed E-state index contributed by atoms with van der Waals surface area (Å²) in [7, 11) is 3.66. The van der Waals surface area contributed by atoms with E-state index < -0.39 is 6.43 Å². The van der Waals surface area contributed by atoms with Crippen molar-refractivity contribution < 1.29 is 8.78 Å². The lowest BCUT2D eigenvalue weighted by Gasteiger charge is -2.15. The summed E-state index contributed by atoms with van der Waals surface area (Å²) in [4.78, 5) is 1.68. The Morgan fingerprint density at radius 1 is 1.23 bits per heavy atom. The summed E-state index contributed by atoms with van der Waals surface area (Å²) in [6.45, 7) is 1.68. The minimum Gasteiger partial charge on any atom is -0.320 e. The van der Waals surface area contributed by atoms with Crippen molar-refractivity contribution in [2.24, 2.45) is 0 Å². The lowest BCUT2D eigenvalue weighted by atomic mass is 10.2. The fraction of sp³-hybridized carbons (Fsp3) is 1.00. The zero-order valence-electron chi connectivity index (χ0n) is 8.52. The van der Waals surface area contributed by atoms with Gasteiger partial charge in [-0.05, 0) is 40.0 Å². The maximum absolute atomic E-state index is 11.9.